The summed E-state index contributed by atoms with van der Waals surface area (Å²) in [6.45, 7) is 10.8. The highest BCUT2D eigenvalue weighted by Crippen LogP contribution is 2.44. The number of hydrogen-bond acceptors (Lipinski definition) is 3. The van der Waals surface area contributed by atoms with Gasteiger partial charge in [0.15, 0.2) is 0 Å². The fourth-order valence-electron chi connectivity index (χ4n) is 3.02. The molecule has 2 rings (SSSR count). The van der Waals surface area contributed by atoms with Gasteiger partial charge in [-0.3, -0.25) is 4.79 Å². The standard InChI is InChI=1S/C14H25NO2/c1-10(2)12-9-14(13(16)17-12)5-7-15(8-6-14)11(3)4/h10-12H,5-9H2,1-4H3. The second kappa shape index (κ2) is 4.60. The molecule has 0 radical (unpaired) electrons. The van der Waals surface area contributed by atoms with Crippen molar-refractivity contribution in [2.24, 2.45) is 11.3 Å². The molecule has 2 aliphatic rings. The lowest BCUT2D eigenvalue weighted by atomic mass is 9.75. The van der Waals surface area contributed by atoms with Gasteiger partial charge in [0.2, 0.25) is 0 Å². The first kappa shape index (κ1) is 12.9. The molecule has 2 saturated heterocycles. The first-order valence-electron chi connectivity index (χ1n) is 6.90. The molecule has 0 amide bonds. The third-order valence-corrected chi connectivity index (χ3v) is 4.51. The number of cyclic esters (lactones) is 1. The zero-order chi connectivity index (χ0) is 12.6. The number of ether oxygens (including phenoxy) is 1. The molecule has 0 aromatic carbocycles. The number of carbonyl (C=O) groups excluding carboxylic acids is 1. The number of carbonyl (C=O) groups is 1. The van der Waals surface area contributed by atoms with Crippen LogP contribution in [0.4, 0.5) is 0 Å². The maximum absolute atomic E-state index is 12.1. The Balaban J connectivity index is 2.01. The molecule has 0 saturated carbocycles. The largest absolute Gasteiger partial charge is 0.462 e. The van der Waals surface area contributed by atoms with E-state index in [1.54, 1.807) is 0 Å². The summed E-state index contributed by atoms with van der Waals surface area (Å²) >= 11 is 0. The summed E-state index contributed by atoms with van der Waals surface area (Å²) in [5.41, 5.74) is -0.152. The molecule has 0 aliphatic carbocycles. The Morgan fingerprint density at radius 2 is 1.82 bits per heavy atom. The van der Waals surface area contributed by atoms with Crippen molar-refractivity contribution in [2.45, 2.75) is 59.1 Å². The molecule has 3 heteroatoms. The first-order valence-corrected chi connectivity index (χ1v) is 6.90. The molecule has 0 aromatic rings. The van der Waals surface area contributed by atoms with Crippen molar-refractivity contribution in [1.29, 1.82) is 0 Å². The van der Waals surface area contributed by atoms with Crippen molar-refractivity contribution in [2.75, 3.05) is 13.1 Å². The zero-order valence-electron chi connectivity index (χ0n) is 11.5. The fraction of sp³-hybridized carbons (Fsp3) is 0.929. The van der Waals surface area contributed by atoms with Crippen molar-refractivity contribution in [3.8, 4) is 0 Å². The maximum Gasteiger partial charge on any atom is 0.312 e. The van der Waals surface area contributed by atoms with E-state index >= 15 is 0 Å². The van der Waals surface area contributed by atoms with Crippen LogP contribution in [0.2, 0.25) is 0 Å². The molecule has 0 bridgehead atoms. The molecule has 1 atom stereocenters. The first-order chi connectivity index (χ1) is 7.94. The van der Waals surface area contributed by atoms with E-state index in [-0.39, 0.29) is 17.5 Å². The van der Waals surface area contributed by atoms with E-state index in [2.05, 4.69) is 32.6 Å². The summed E-state index contributed by atoms with van der Waals surface area (Å²) in [7, 11) is 0. The Bertz CT molecular complexity index is 291. The summed E-state index contributed by atoms with van der Waals surface area (Å²) in [6, 6.07) is 0.589. The van der Waals surface area contributed by atoms with Crippen LogP contribution in [0.25, 0.3) is 0 Å². The molecule has 2 aliphatic heterocycles. The van der Waals surface area contributed by atoms with Gasteiger partial charge in [-0.05, 0) is 45.7 Å². The molecule has 1 spiro atoms. The van der Waals surface area contributed by atoms with Gasteiger partial charge in [-0.25, -0.2) is 0 Å². The minimum Gasteiger partial charge on any atom is -0.462 e. The number of hydrogen-bond donors (Lipinski definition) is 0. The van der Waals surface area contributed by atoms with Crippen LogP contribution >= 0.6 is 0 Å². The lowest BCUT2D eigenvalue weighted by Gasteiger charge is -2.38. The molecule has 3 nitrogen and oxygen atoms in total. The Kier molecular flexibility index (Phi) is 3.48. The average Bonchev–Trinajstić information content (AvgIpc) is 2.58. The van der Waals surface area contributed by atoms with Gasteiger partial charge in [0.05, 0.1) is 5.41 Å². The quantitative estimate of drug-likeness (QED) is 0.693. The van der Waals surface area contributed by atoms with E-state index in [0.29, 0.717) is 12.0 Å². The fourth-order valence-corrected chi connectivity index (χ4v) is 3.02. The van der Waals surface area contributed by atoms with Gasteiger partial charge in [-0.1, -0.05) is 13.8 Å². The summed E-state index contributed by atoms with van der Waals surface area (Å²) in [5, 5.41) is 0. The Hall–Kier alpha value is -0.570. The second-order valence-electron chi connectivity index (χ2n) is 6.30. The van der Waals surface area contributed by atoms with Crippen molar-refractivity contribution >= 4 is 5.97 Å². The van der Waals surface area contributed by atoms with Crippen molar-refractivity contribution in [3.63, 3.8) is 0 Å². The topological polar surface area (TPSA) is 29.5 Å². The normalized spacial score (nSPS) is 29.3. The molecule has 0 aromatic heterocycles. The van der Waals surface area contributed by atoms with Crippen molar-refractivity contribution in [1.82, 2.24) is 4.90 Å². The van der Waals surface area contributed by atoms with Crippen LogP contribution < -0.4 is 0 Å². The van der Waals surface area contributed by atoms with Gasteiger partial charge < -0.3 is 9.64 Å². The number of piperidine rings is 1. The third-order valence-electron chi connectivity index (χ3n) is 4.51. The Labute approximate surface area is 105 Å². The monoisotopic (exact) mass is 239 g/mol. The summed E-state index contributed by atoms with van der Waals surface area (Å²) in [5.74, 6) is 0.515. The van der Waals surface area contributed by atoms with Crippen LogP contribution in [-0.2, 0) is 9.53 Å². The van der Waals surface area contributed by atoms with E-state index in [4.69, 9.17) is 4.74 Å². The molecular weight excluding hydrogens is 214 g/mol. The van der Waals surface area contributed by atoms with Gasteiger partial charge in [-0.2, -0.15) is 0 Å². The lowest BCUT2D eigenvalue weighted by molar-refractivity contribution is -0.152. The van der Waals surface area contributed by atoms with Crippen LogP contribution in [0.15, 0.2) is 0 Å². The van der Waals surface area contributed by atoms with Crippen molar-refractivity contribution < 1.29 is 9.53 Å². The van der Waals surface area contributed by atoms with E-state index in [1.165, 1.54) is 0 Å². The van der Waals surface area contributed by atoms with Crippen molar-refractivity contribution in [3.05, 3.63) is 0 Å². The smallest absolute Gasteiger partial charge is 0.312 e. The summed E-state index contributed by atoms with van der Waals surface area (Å²) in [6.07, 6.45) is 3.05. The number of likely N-dealkylation sites (tertiary alicyclic amines) is 1. The van der Waals surface area contributed by atoms with Crippen LogP contribution in [0.1, 0.15) is 47.0 Å². The molecule has 2 fully saturated rings. The summed E-state index contributed by atoms with van der Waals surface area (Å²) in [4.78, 5) is 14.6. The Morgan fingerprint density at radius 1 is 1.24 bits per heavy atom. The van der Waals surface area contributed by atoms with Gasteiger partial charge in [0.25, 0.3) is 0 Å². The van der Waals surface area contributed by atoms with Gasteiger partial charge in [-0.15, -0.1) is 0 Å². The van der Waals surface area contributed by atoms with Gasteiger partial charge >= 0.3 is 5.97 Å². The van der Waals surface area contributed by atoms with Crippen LogP contribution in [-0.4, -0.2) is 36.1 Å². The maximum atomic E-state index is 12.1. The minimum absolute atomic E-state index is 0.0691. The predicted octanol–water partition coefficient (Wildman–Crippen LogP) is 2.45. The highest BCUT2D eigenvalue weighted by atomic mass is 16.6. The molecular formula is C14H25NO2. The van der Waals surface area contributed by atoms with Crippen LogP contribution in [0.5, 0.6) is 0 Å². The number of esters is 1. The van der Waals surface area contributed by atoms with E-state index in [0.717, 1.165) is 32.4 Å². The zero-order valence-corrected chi connectivity index (χ0v) is 11.5. The molecule has 0 N–H and O–H groups in total. The van der Waals surface area contributed by atoms with Crippen LogP contribution in [0.3, 0.4) is 0 Å². The average molecular weight is 239 g/mol. The lowest BCUT2D eigenvalue weighted by Crippen LogP contribution is -2.45. The van der Waals surface area contributed by atoms with E-state index < -0.39 is 0 Å². The second-order valence-corrected chi connectivity index (χ2v) is 6.30. The third kappa shape index (κ3) is 2.35. The highest BCUT2D eigenvalue weighted by Gasteiger charge is 2.50. The molecule has 1 unspecified atom stereocenters. The summed E-state index contributed by atoms with van der Waals surface area (Å²) < 4.78 is 5.55. The molecule has 17 heavy (non-hydrogen) atoms. The van der Waals surface area contributed by atoms with Gasteiger partial charge in [0, 0.05) is 12.5 Å². The molecule has 98 valence electrons. The van der Waals surface area contributed by atoms with E-state index in [9.17, 15) is 4.79 Å². The number of nitrogens with zero attached hydrogens (tertiary/aromatic N) is 1. The van der Waals surface area contributed by atoms with Crippen LogP contribution in [0, 0.1) is 11.3 Å². The highest BCUT2D eigenvalue weighted by molar-refractivity contribution is 5.79. The molecule has 2 heterocycles. The van der Waals surface area contributed by atoms with E-state index in [1.807, 2.05) is 0 Å². The Morgan fingerprint density at radius 3 is 2.24 bits per heavy atom. The van der Waals surface area contributed by atoms with Gasteiger partial charge in [0.1, 0.15) is 6.10 Å². The predicted molar refractivity (Wildman–Crippen MR) is 67.7 cm³/mol. The minimum atomic E-state index is -0.152. The SMILES string of the molecule is CC(C)C1CC2(CCN(C(C)C)CC2)C(=O)O1. The number of rotatable bonds is 2.